The van der Waals surface area contributed by atoms with E-state index in [4.69, 9.17) is 9.44 Å². The fourth-order valence-corrected chi connectivity index (χ4v) is 2.12. The lowest BCUT2D eigenvalue weighted by Gasteiger charge is -2.10. The molecule has 0 aliphatic heterocycles. The second-order valence-corrected chi connectivity index (χ2v) is 6.66. The van der Waals surface area contributed by atoms with E-state index in [1.807, 2.05) is 0 Å². The molecule has 14 heavy (non-hydrogen) atoms. The highest BCUT2D eigenvalue weighted by Gasteiger charge is 2.26. The predicted octanol–water partition coefficient (Wildman–Crippen LogP) is 2.69. The summed E-state index contributed by atoms with van der Waals surface area (Å²) in [6.45, 7) is 0. The molecule has 1 atom stereocenters. The molecule has 0 N–H and O–H groups in total. The van der Waals surface area contributed by atoms with Crippen LogP contribution in [0.4, 0.5) is 0 Å². The van der Waals surface area contributed by atoms with E-state index in [2.05, 4.69) is 31.9 Å². The molecule has 0 aromatic heterocycles. The van der Waals surface area contributed by atoms with E-state index in [1.54, 1.807) is 36.4 Å². The smallest absolute Gasteiger partial charge is 0.242 e. The van der Waals surface area contributed by atoms with E-state index in [1.165, 1.54) is 0 Å². The van der Waals surface area contributed by atoms with Crippen LogP contribution in [0.1, 0.15) is 0 Å². The molecular weight excluding hydrogens is 334 g/mol. The van der Waals surface area contributed by atoms with Crippen LogP contribution in [-0.4, -0.2) is 7.63 Å². The zero-order valence-corrected chi connectivity index (χ0v) is 10.8. The van der Waals surface area contributed by atoms with Crippen LogP contribution in [0.15, 0.2) is 35.2 Å². The number of benzene rings is 1. The van der Waals surface area contributed by atoms with Gasteiger partial charge in [-0.2, -0.15) is 5.26 Å². The lowest BCUT2D eigenvalue weighted by Crippen LogP contribution is -2.15. The van der Waals surface area contributed by atoms with Gasteiger partial charge in [0.25, 0.3) is 3.42 Å². The molecule has 1 unspecified atom stereocenters. The molecule has 0 saturated heterocycles. The Kier molecular flexibility index (Phi) is 4.26. The normalized spacial score (nSPS) is 13.2. The summed E-state index contributed by atoms with van der Waals surface area (Å²) in [4.78, 5) is 0.506. The lowest BCUT2D eigenvalue weighted by molar-refractivity contribution is 0.354. The van der Waals surface area contributed by atoms with Crippen molar-refractivity contribution in [2.75, 3.05) is 0 Å². The van der Waals surface area contributed by atoms with Crippen molar-refractivity contribution in [1.29, 1.82) is 5.26 Å². The second kappa shape index (κ2) is 5.03. The van der Waals surface area contributed by atoms with Crippen LogP contribution >= 0.6 is 31.9 Å². The van der Waals surface area contributed by atoms with E-state index < -0.39 is 14.5 Å². The van der Waals surface area contributed by atoms with E-state index in [9.17, 15) is 4.21 Å². The van der Waals surface area contributed by atoms with Crippen LogP contribution in [0, 0.1) is 11.3 Å². The van der Waals surface area contributed by atoms with Gasteiger partial charge < -0.3 is 0 Å². The van der Waals surface area contributed by atoms with Gasteiger partial charge in [-0.25, -0.2) is 8.39 Å². The molecule has 1 aromatic rings. The number of halogens is 2. The molecule has 0 heterocycles. The number of nitriles is 1. The summed E-state index contributed by atoms with van der Waals surface area (Å²) in [7, 11) is 0. The topological polar surface area (TPSA) is 50.1 Å². The van der Waals surface area contributed by atoms with Gasteiger partial charge >= 0.3 is 0 Å². The highest BCUT2D eigenvalue weighted by atomic mass is 79.9. The number of alkyl halides is 2. The Bertz CT molecular complexity index is 375. The quantitative estimate of drug-likeness (QED) is 0.796. The first-order valence-corrected chi connectivity index (χ1v) is 6.16. The third-order valence-electron chi connectivity index (χ3n) is 1.25. The Hall–Kier alpha value is -0.220. The molecule has 1 aromatic carbocycles. The summed E-state index contributed by atoms with van der Waals surface area (Å²) >= 11 is 4.17. The molecule has 0 aliphatic carbocycles. The second-order valence-electron chi connectivity index (χ2n) is 2.26. The lowest BCUT2D eigenvalue weighted by atomic mass is 10.4. The summed E-state index contributed by atoms with van der Waals surface area (Å²) in [5.74, 6) is 0. The number of rotatable bonds is 3. The van der Waals surface area contributed by atoms with Gasteiger partial charge in [0.2, 0.25) is 0 Å². The van der Waals surface area contributed by atoms with Crippen molar-refractivity contribution in [1.82, 2.24) is 0 Å². The van der Waals surface area contributed by atoms with Gasteiger partial charge in [0.05, 0.1) is 4.90 Å². The van der Waals surface area contributed by atoms with Crippen LogP contribution in [-0.2, 0) is 15.3 Å². The molecule has 6 heteroatoms. The maximum Gasteiger partial charge on any atom is 0.279 e. The molecule has 0 bridgehead atoms. The van der Waals surface area contributed by atoms with Crippen molar-refractivity contribution in [3.8, 4) is 6.07 Å². The van der Waals surface area contributed by atoms with Crippen LogP contribution in [0.5, 0.6) is 0 Å². The molecule has 74 valence electrons. The van der Waals surface area contributed by atoms with Crippen molar-refractivity contribution in [3.05, 3.63) is 30.3 Å². The van der Waals surface area contributed by atoms with Gasteiger partial charge in [-0.05, 0) is 44.0 Å². The fraction of sp³-hybridized carbons (Fsp3) is 0.125. The summed E-state index contributed by atoms with van der Waals surface area (Å²) in [5, 5.41) is 8.59. The van der Waals surface area contributed by atoms with Crippen molar-refractivity contribution < 1.29 is 8.39 Å². The molecule has 1 rings (SSSR count). The third kappa shape index (κ3) is 3.50. The number of nitrogens with zero attached hydrogens (tertiary/aromatic N) is 1. The van der Waals surface area contributed by atoms with E-state index in [0.29, 0.717) is 4.90 Å². The zero-order chi connectivity index (χ0) is 10.6. The van der Waals surface area contributed by atoms with Crippen LogP contribution in [0.25, 0.3) is 0 Å². The summed E-state index contributed by atoms with van der Waals surface area (Å²) < 4.78 is 15.0. The SMILES string of the molecule is N#CC(Br)(Br)OS(=O)c1ccccc1. The largest absolute Gasteiger partial charge is 0.279 e. The predicted molar refractivity (Wildman–Crippen MR) is 60.1 cm³/mol. The minimum Gasteiger partial charge on any atom is -0.242 e. The van der Waals surface area contributed by atoms with Crippen LogP contribution in [0.3, 0.4) is 0 Å². The number of hydrogen-bond acceptors (Lipinski definition) is 3. The summed E-state index contributed by atoms with van der Waals surface area (Å²) in [6.07, 6.45) is 0. The highest BCUT2D eigenvalue weighted by molar-refractivity contribution is 9.25. The molecule has 0 amide bonds. The van der Waals surface area contributed by atoms with Crippen LogP contribution < -0.4 is 0 Å². The first kappa shape index (κ1) is 11.9. The van der Waals surface area contributed by atoms with Gasteiger partial charge in [-0.1, -0.05) is 18.2 Å². The highest BCUT2D eigenvalue weighted by Crippen LogP contribution is 2.29. The average molecular weight is 339 g/mol. The van der Waals surface area contributed by atoms with Gasteiger partial charge in [-0.3, -0.25) is 0 Å². The summed E-state index contributed by atoms with van der Waals surface area (Å²) in [6, 6.07) is 10.4. The molecule has 0 spiro atoms. The van der Waals surface area contributed by atoms with E-state index in [-0.39, 0.29) is 0 Å². The minimum absolute atomic E-state index is 0.506. The monoisotopic (exact) mass is 337 g/mol. The minimum atomic E-state index is -1.67. The van der Waals surface area contributed by atoms with Crippen molar-refractivity contribution >= 4 is 42.9 Å². The Morgan fingerprint density at radius 1 is 1.36 bits per heavy atom. The fourth-order valence-electron chi connectivity index (χ4n) is 0.693. The molecule has 0 saturated carbocycles. The maximum absolute atomic E-state index is 11.5. The van der Waals surface area contributed by atoms with E-state index in [0.717, 1.165) is 0 Å². The zero-order valence-electron chi connectivity index (χ0n) is 6.81. The molecule has 0 radical (unpaired) electrons. The van der Waals surface area contributed by atoms with Crippen molar-refractivity contribution in [3.63, 3.8) is 0 Å². The van der Waals surface area contributed by atoms with E-state index >= 15 is 0 Å². The Morgan fingerprint density at radius 3 is 2.43 bits per heavy atom. The number of hydrogen-bond donors (Lipinski definition) is 0. The van der Waals surface area contributed by atoms with Gasteiger partial charge in [0.15, 0.2) is 11.1 Å². The molecular formula is C8H5Br2NO2S. The van der Waals surface area contributed by atoms with Gasteiger partial charge in [0, 0.05) is 0 Å². The molecule has 0 fully saturated rings. The molecule has 3 nitrogen and oxygen atoms in total. The molecule has 0 aliphatic rings. The third-order valence-corrected chi connectivity index (χ3v) is 3.41. The maximum atomic E-state index is 11.5. The average Bonchev–Trinajstić information content (AvgIpc) is 2.19. The summed E-state index contributed by atoms with van der Waals surface area (Å²) in [5.41, 5.74) is 0. The first-order chi connectivity index (χ1) is 6.55. The Labute approximate surface area is 101 Å². The Balaban J connectivity index is 2.75. The first-order valence-electron chi connectivity index (χ1n) is 3.50. The standard InChI is InChI=1S/C8H5Br2NO2S/c9-8(10,6-11)13-14(12)7-4-2-1-3-5-7/h1-5H. The van der Waals surface area contributed by atoms with Gasteiger partial charge in [0.1, 0.15) is 6.07 Å². The van der Waals surface area contributed by atoms with Crippen LogP contribution in [0.2, 0.25) is 0 Å². The van der Waals surface area contributed by atoms with Gasteiger partial charge in [-0.15, -0.1) is 0 Å². The Morgan fingerprint density at radius 2 is 1.93 bits per heavy atom. The van der Waals surface area contributed by atoms with Crippen molar-refractivity contribution in [2.45, 2.75) is 8.32 Å². The van der Waals surface area contributed by atoms with Crippen molar-refractivity contribution in [2.24, 2.45) is 0 Å².